The van der Waals surface area contributed by atoms with Crippen LogP contribution in [0.5, 0.6) is 5.75 Å². The maximum atomic E-state index is 12.7. The SMILES string of the molecule is CCCCCOc1ccc(Cn2c(C)nc3ccc(C(=O)NS(=O)(=O)c4ccc(Cl)s4)nc32)c(Cl)c1. The van der Waals surface area contributed by atoms with Crippen molar-refractivity contribution in [2.45, 2.75) is 43.9 Å². The molecule has 3 heterocycles. The number of aromatic nitrogens is 3. The van der Waals surface area contributed by atoms with Crippen molar-refractivity contribution in [3.8, 4) is 5.75 Å². The lowest BCUT2D eigenvalue weighted by molar-refractivity contribution is 0.0977. The summed E-state index contributed by atoms with van der Waals surface area (Å²) in [6, 6.07) is 11.4. The zero-order valence-corrected chi connectivity index (χ0v) is 22.8. The van der Waals surface area contributed by atoms with Gasteiger partial charge >= 0.3 is 0 Å². The topological polar surface area (TPSA) is 103 Å². The average Bonchev–Trinajstić information content (AvgIpc) is 3.41. The Balaban J connectivity index is 1.55. The van der Waals surface area contributed by atoms with Crippen LogP contribution in [0.2, 0.25) is 9.36 Å². The first-order valence-corrected chi connectivity index (χ1v) is 14.3. The fourth-order valence-electron chi connectivity index (χ4n) is 3.56. The summed E-state index contributed by atoms with van der Waals surface area (Å²) < 4.78 is 34.9. The number of sulfonamides is 1. The van der Waals surface area contributed by atoms with E-state index in [1.54, 1.807) is 12.1 Å². The van der Waals surface area contributed by atoms with E-state index in [0.29, 0.717) is 45.2 Å². The van der Waals surface area contributed by atoms with Crippen LogP contribution in [-0.2, 0) is 16.6 Å². The minimum absolute atomic E-state index is 0.0585. The Bertz CT molecular complexity index is 1520. The first kappa shape index (κ1) is 26.4. The van der Waals surface area contributed by atoms with Gasteiger partial charge in [0, 0.05) is 5.02 Å². The fourth-order valence-corrected chi connectivity index (χ4v) is 6.23. The number of hydrogen-bond acceptors (Lipinski definition) is 7. The van der Waals surface area contributed by atoms with Crippen LogP contribution in [0.1, 0.15) is 48.1 Å². The van der Waals surface area contributed by atoms with Crippen molar-refractivity contribution >= 4 is 61.6 Å². The van der Waals surface area contributed by atoms with Gasteiger partial charge in [-0.05, 0) is 55.3 Å². The third-order valence-electron chi connectivity index (χ3n) is 5.43. The largest absolute Gasteiger partial charge is 0.494 e. The molecular weight excluding hydrogens is 543 g/mol. The van der Waals surface area contributed by atoms with Gasteiger partial charge in [0.2, 0.25) is 0 Å². The molecule has 0 aliphatic rings. The second-order valence-corrected chi connectivity index (χ2v) is 12.1. The molecule has 0 spiro atoms. The number of halogens is 2. The van der Waals surface area contributed by atoms with E-state index in [1.165, 1.54) is 18.2 Å². The summed E-state index contributed by atoms with van der Waals surface area (Å²) >= 11 is 13.2. The van der Waals surface area contributed by atoms with Gasteiger partial charge < -0.3 is 9.30 Å². The van der Waals surface area contributed by atoms with E-state index in [4.69, 9.17) is 27.9 Å². The van der Waals surface area contributed by atoms with Crippen LogP contribution >= 0.6 is 34.5 Å². The number of benzene rings is 1. The molecular formula is C24H24Cl2N4O4S2. The van der Waals surface area contributed by atoms with Crippen LogP contribution in [0.25, 0.3) is 11.2 Å². The molecule has 0 fully saturated rings. The Hall–Kier alpha value is -2.66. The molecule has 0 radical (unpaired) electrons. The van der Waals surface area contributed by atoms with Crippen molar-refractivity contribution in [2.24, 2.45) is 0 Å². The number of hydrogen-bond donors (Lipinski definition) is 1. The van der Waals surface area contributed by atoms with Gasteiger partial charge in [0.1, 0.15) is 27.0 Å². The molecule has 0 saturated carbocycles. The Morgan fingerprint density at radius 1 is 1.11 bits per heavy atom. The fraction of sp³-hybridized carbons (Fsp3) is 0.292. The van der Waals surface area contributed by atoms with Crippen LogP contribution in [-0.4, -0.2) is 35.5 Å². The Kier molecular flexibility index (Phi) is 8.19. The van der Waals surface area contributed by atoms with Crippen LogP contribution in [0, 0.1) is 6.92 Å². The summed E-state index contributed by atoms with van der Waals surface area (Å²) in [6.07, 6.45) is 3.22. The summed E-state index contributed by atoms with van der Waals surface area (Å²) in [6.45, 7) is 4.97. The summed E-state index contributed by atoms with van der Waals surface area (Å²) in [4.78, 5) is 21.7. The number of nitrogens with zero attached hydrogens (tertiary/aromatic N) is 3. The highest BCUT2D eigenvalue weighted by Gasteiger charge is 2.22. The van der Waals surface area contributed by atoms with Crippen molar-refractivity contribution in [3.63, 3.8) is 0 Å². The molecule has 1 aromatic carbocycles. The molecule has 1 N–H and O–H groups in total. The number of rotatable bonds is 10. The van der Waals surface area contributed by atoms with Gasteiger partial charge in [-0.25, -0.2) is 23.1 Å². The molecule has 0 unspecified atom stereocenters. The average molecular weight is 568 g/mol. The number of nitrogens with one attached hydrogen (secondary N) is 1. The van der Waals surface area contributed by atoms with Gasteiger partial charge in [-0.1, -0.05) is 49.0 Å². The zero-order chi connectivity index (χ0) is 25.9. The molecule has 1 amide bonds. The van der Waals surface area contributed by atoms with E-state index < -0.39 is 15.9 Å². The molecule has 0 atom stereocenters. The van der Waals surface area contributed by atoms with Crippen molar-refractivity contribution in [3.05, 3.63) is 68.9 Å². The lowest BCUT2D eigenvalue weighted by atomic mass is 10.2. The third-order valence-corrected chi connectivity index (χ3v) is 8.83. The van der Waals surface area contributed by atoms with Gasteiger partial charge in [-0.3, -0.25) is 4.79 Å². The number of thiophene rings is 1. The normalized spacial score (nSPS) is 11.7. The Labute approximate surface area is 223 Å². The summed E-state index contributed by atoms with van der Waals surface area (Å²) in [7, 11) is -4.07. The van der Waals surface area contributed by atoms with Gasteiger partial charge in [0.15, 0.2) is 5.65 Å². The predicted molar refractivity (Wildman–Crippen MR) is 142 cm³/mol. The number of fused-ring (bicyclic) bond motifs is 1. The third kappa shape index (κ3) is 6.00. The van der Waals surface area contributed by atoms with Crippen LogP contribution in [0.15, 0.2) is 46.7 Å². The molecule has 36 heavy (non-hydrogen) atoms. The molecule has 0 aliphatic carbocycles. The first-order valence-electron chi connectivity index (χ1n) is 11.3. The van der Waals surface area contributed by atoms with Gasteiger partial charge in [-0.15, -0.1) is 11.3 Å². The lowest BCUT2D eigenvalue weighted by Crippen LogP contribution is -2.30. The summed E-state index contributed by atoms with van der Waals surface area (Å²) in [5.74, 6) is 0.527. The van der Waals surface area contributed by atoms with Gasteiger partial charge in [0.25, 0.3) is 15.9 Å². The standard InChI is InChI=1S/C24H24Cl2N4O4S2/c1-3-4-5-12-34-17-7-6-16(18(25)13-17)14-30-15(2)27-19-8-9-20(28-23(19)30)24(31)29-36(32,33)22-11-10-21(26)35-22/h6-11,13H,3-5,12,14H2,1-2H3,(H,29,31). The number of imidazole rings is 1. The number of pyridine rings is 1. The molecule has 0 bridgehead atoms. The van der Waals surface area contributed by atoms with E-state index in [2.05, 4.69) is 16.9 Å². The minimum atomic E-state index is -4.07. The Morgan fingerprint density at radius 2 is 1.92 bits per heavy atom. The van der Waals surface area contributed by atoms with Crippen LogP contribution < -0.4 is 9.46 Å². The molecule has 3 aromatic heterocycles. The Morgan fingerprint density at radius 3 is 2.61 bits per heavy atom. The molecule has 4 aromatic rings. The number of carbonyl (C=O) groups excluding carboxylic acids is 1. The van der Waals surface area contributed by atoms with Crippen molar-refractivity contribution in [1.82, 2.24) is 19.3 Å². The van der Waals surface area contributed by atoms with Crippen molar-refractivity contribution < 1.29 is 17.9 Å². The monoisotopic (exact) mass is 566 g/mol. The van der Waals surface area contributed by atoms with E-state index in [9.17, 15) is 13.2 Å². The predicted octanol–water partition coefficient (Wildman–Crippen LogP) is 5.84. The van der Waals surface area contributed by atoms with E-state index in [1.807, 2.05) is 28.3 Å². The van der Waals surface area contributed by atoms with Gasteiger partial charge in [-0.2, -0.15) is 0 Å². The highest BCUT2D eigenvalue weighted by Crippen LogP contribution is 2.27. The number of carbonyl (C=O) groups is 1. The van der Waals surface area contributed by atoms with Crippen LogP contribution in [0.4, 0.5) is 0 Å². The molecule has 4 rings (SSSR count). The number of ether oxygens (including phenoxy) is 1. The molecule has 190 valence electrons. The second kappa shape index (κ2) is 11.2. The number of amides is 1. The quantitative estimate of drug-likeness (QED) is 0.242. The highest BCUT2D eigenvalue weighted by molar-refractivity contribution is 7.92. The molecule has 0 saturated heterocycles. The van der Waals surface area contributed by atoms with Gasteiger partial charge in [0.05, 0.1) is 17.5 Å². The zero-order valence-electron chi connectivity index (χ0n) is 19.6. The van der Waals surface area contributed by atoms with Crippen molar-refractivity contribution in [1.29, 1.82) is 0 Å². The molecule has 12 heteroatoms. The molecule has 8 nitrogen and oxygen atoms in total. The maximum absolute atomic E-state index is 12.7. The lowest BCUT2D eigenvalue weighted by Gasteiger charge is -2.11. The molecule has 0 aliphatic heterocycles. The summed E-state index contributed by atoms with van der Waals surface area (Å²) in [5, 5.41) is 0.541. The van der Waals surface area contributed by atoms with Crippen LogP contribution in [0.3, 0.4) is 0 Å². The van der Waals surface area contributed by atoms with Crippen molar-refractivity contribution in [2.75, 3.05) is 6.61 Å². The smallest absolute Gasteiger partial charge is 0.283 e. The first-order chi connectivity index (χ1) is 17.2. The highest BCUT2D eigenvalue weighted by atomic mass is 35.5. The number of unbranched alkanes of at least 4 members (excludes halogenated alkanes) is 2. The van der Waals surface area contributed by atoms with E-state index in [-0.39, 0.29) is 9.90 Å². The maximum Gasteiger partial charge on any atom is 0.283 e. The minimum Gasteiger partial charge on any atom is -0.494 e. The van der Waals surface area contributed by atoms with E-state index >= 15 is 0 Å². The summed E-state index contributed by atoms with van der Waals surface area (Å²) in [5.41, 5.74) is 1.78. The second-order valence-electron chi connectivity index (χ2n) is 8.09. The number of aryl methyl sites for hydroxylation is 1. The van der Waals surface area contributed by atoms with E-state index in [0.717, 1.165) is 36.2 Å².